The van der Waals surface area contributed by atoms with E-state index in [0.29, 0.717) is 5.56 Å². The summed E-state index contributed by atoms with van der Waals surface area (Å²) in [5, 5.41) is 20.5. The molecule has 4 atom stereocenters. The number of phenolic OH excluding ortho intramolecular Hbond substituents is 1. The summed E-state index contributed by atoms with van der Waals surface area (Å²) in [6.45, 7) is 1.35. The lowest BCUT2D eigenvalue weighted by molar-refractivity contribution is -0.170. The highest BCUT2D eigenvalue weighted by Crippen LogP contribution is 2.47. The van der Waals surface area contributed by atoms with Crippen molar-refractivity contribution in [3.05, 3.63) is 23.8 Å². The van der Waals surface area contributed by atoms with Crippen molar-refractivity contribution in [2.45, 2.75) is 24.9 Å². The molecular weight excluding hydrogens is 344 g/mol. The molecule has 2 N–H and O–H groups in total. The Morgan fingerprint density at radius 2 is 1.77 bits per heavy atom. The molecule has 1 aromatic carbocycles. The summed E-state index contributed by atoms with van der Waals surface area (Å²) in [6.07, 6.45) is -0.391. The summed E-state index contributed by atoms with van der Waals surface area (Å²) < 4.78 is 14.6. The first kappa shape index (κ1) is 19.7. The number of benzene rings is 1. The number of methoxy groups -OCH3 is 3. The quantitative estimate of drug-likeness (QED) is 0.593. The van der Waals surface area contributed by atoms with Crippen molar-refractivity contribution in [2.24, 2.45) is 11.8 Å². The third-order valence-corrected chi connectivity index (χ3v) is 4.77. The summed E-state index contributed by atoms with van der Waals surface area (Å²) in [7, 11) is 3.65. The van der Waals surface area contributed by atoms with E-state index in [4.69, 9.17) is 14.2 Å². The van der Waals surface area contributed by atoms with Gasteiger partial charge in [0.2, 0.25) is 0 Å². The molecule has 0 unspecified atom stereocenters. The number of carbonyl (C=O) groups is 3. The van der Waals surface area contributed by atoms with Crippen LogP contribution in [0.2, 0.25) is 0 Å². The Labute approximate surface area is 150 Å². The van der Waals surface area contributed by atoms with Gasteiger partial charge in [-0.15, -0.1) is 0 Å². The minimum Gasteiger partial charge on any atom is -0.504 e. The molecule has 0 aromatic heterocycles. The van der Waals surface area contributed by atoms with Gasteiger partial charge in [-0.2, -0.15) is 0 Å². The number of phenols is 1. The number of hydrogen-bond acceptors (Lipinski definition) is 8. The maximum atomic E-state index is 12.6. The van der Waals surface area contributed by atoms with E-state index in [-0.39, 0.29) is 11.5 Å². The lowest BCUT2D eigenvalue weighted by atomic mass is 9.61. The summed E-state index contributed by atoms with van der Waals surface area (Å²) >= 11 is 0. The molecule has 1 fully saturated rings. The molecule has 1 aliphatic rings. The van der Waals surface area contributed by atoms with Crippen LogP contribution in [0.3, 0.4) is 0 Å². The van der Waals surface area contributed by atoms with Gasteiger partial charge in [-0.1, -0.05) is 6.07 Å². The maximum Gasteiger partial charge on any atom is 0.316 e. The Bertz CT molecular complexity index is 724. The molecule has 1 aromatic rings. The summed E-state index contributed by atoms with van der Waals surface area (Å²) in [5.74, 6) is -5.67. The fraction of sp³-hybridized carbons (Fsp3) is 0.500. The van der Waals surface area contributed by atoms with Gasteiger partial charge in [0.1, 0.15) is 5.92 Å². The molecule has 142 valence electrons. The van der Waals surface area contributed by atoms with Crippen LogP contribution in [0.1, 0.15) is 24.8 Å². The van der Waals surface area contributed by atoms with Gasteiger partial charge in [-0.05, 0) is 24.6 Å². The van der Waals surface area contributed by atoms with Gasteiger partial charge >= 0.3 is 11.9 Å². The van der Waals surface area contributed by atoms with E-state index in [0.717, 1.165) is 14.2 Å². The minimum atomic E-state index is -1.72. The average molecular weight is 366 g/mol. The van der Waals surface area contributed by atoms with E-state index in [1.54, 1.807) is 0 Å². The van der Waals surface area contributed by atoms with Crippen LogP contribution in [0.4, 0.5) is 0 Å². The minimum absolute atomic E-state index is 0.104. The first-order valence-electron chi connectivity index (χ1n) is 7.95. The Morgan fingerprint density at radius 1 is 1.15 bits per heavy atom. The summed E-state index contributed by atoms with van der Waals surface area (Å²) in [5.41, 5.74) is -1.36. The Kier molecular flexibility index (Phi) is 5.56. The second-order valence-electron chi connectivity index (χ2n) is 6.46. The second-order valence-corrected chi connectivity index (χ2v) is 6.46. The molecule has 0 spiro atoms. The fourth-order valence-electron chi connectivity index (χ4n) is 3.57. The van der Waals surface area contributed by atoms with Gasteiger partial charge in [0.25, 0.3) is 0 Å². The largest absolute Gasteiger partial charge is 0.504 e. The number of hydrogen-bond donors (Lipinski definition) is 2. The van der Waals surface area contributed by atoms with E-state index >= 15 is 0 Å². The molecule has 0 bridgehead atoms. The molecular formula is C18H22O8. The van der Waals surface area contributed by atoms with Crippen LogP contribution in [0.15, 0.2) is 18.2 Å². The number of ether oxygens (including phenoxy) is 3. The van der Waals surface area contributed by atoms with Crippen LogP contribution >= 0.6 is 0 Å². The lowest BCUT2D eigenvalue weighted by Gasteiger charge is -2.43. The number of rotatable bonds is 4. The molecule has 1 saturated carbocycles. The Balaban J connectivity index is 2.69. The molecule has 8 nitrogen and oxygen atoms in total. The summed E-state index contributed by atoms with van der Waals surface area (Å²) in [4.78, 5) is 37.3. The molecule has 0 aliphatic heterocycles. The van der Waals surface area contributed by atoms with Gasteiger partial charge in [0.05, 0.1) is 32.8 Å². The predicted octanol–water partition coefficient (Wildman–Crippen LogP) is 0.787. The fourth-order valence-corrected chi connectivity index (χ4v) is 3.57. The van der Waals surface area contributed by atoms with Crippen molar-refractivity contribution in [3.8, 4) is 11.5 Å². The molecule has 0 saturated heterocycles. The van der Waals surface area contributed by atoms with Gasteiger partial charge < -0.3 is 24.4 Å². The topological polar surface area (TPSA) is 119 Å². The zero-order valence-corrected chi connectivity index (χ0v) is 15.0. The number of aliphatic hydroxyl groups is 1. The number of ketones is 1. The van der Waals surface area contributed by atoms with E-state index in [2.05, 4.69) is 0 Å². The standard InChI is InChI=1S/C18H22O8/c1-18(23)8-11(20)14(16(21)25-3)13(15(18)17(22)26-4)9-5-6-10(19)12(7-9)24-2/h5-7,13-15,19,23H,8H2,1-4H3/t13-,14-,15+,18-/m0/s1. The van der Waals surface area contributed by atoms with Gasteiger partial charge in [-0.3, -0.25) is 14.4 Å². The molecule has 0 amide bonds. The van der Waals surface area contributed by atoms with E-state index in [1.165, 1.54) is 32.2 Å². The third-order valence-electron chi connectivity index (χ3n) is 4.77. The van der Waals surface area contributed by atoms with Crippen LogP contribution in [0, 0.1) is 11.8 Å². The van der Waals surface area contributed by atoms with E-state index < -0.39 is 47.5 Å². The van der Waals surface area contributed by atoms with Gasteiger partial charge in [0.15, 0.2) is 17.3 Å². The van der Waals surface area contributed by atoms with Crippen molar-refractivity contribution in [1.82, 2.24) is 0 Å². The predicted molar refractivity (Wildman–Crippen MR) is 88.7 cm³/mol. The van der Waals surface area contributed by atoms with Crippen molar-refractivity contribution < 1.29 is 38.8 Å². The SMILES string of the molecule is COC(=O)[C@H]1C(=O)C[C@](C)(O)[C@@H](C(=O)OC)[C@H]1c1ccc(O)c(OC)c1. The van der Waals surface area contributed by atoms with Crippen molar-refractivity contribution >= 4 is 17.7 Å². The van der Waals surface area contributed by atoms with Crippen LogP contribution in [-0.2, 0) is 23.9 Å². The average Bonchev–Trinajstić information content (AvgIpc) is 2.59. The summed E-state index contributed by atoms with van der Waals surface area (Å²) in [6, 6.07) is 4.20. The number of Topliss-reactive ketones (excluding diaryl/α,β-unsaturated/α-hetero) is 1. The number of esters is 2. The highest BCUT2D eigenvalue weighted by atomic mass is 16.5. The number of carbonyl (C=O) groups excluding carboxylic acids is 3. The molecule has 2 rings (SSSR count). The highest BCUT2D eigenvalue weighted by molar-refractivity contribution is 6.02. The zero-order chi connectivity index (χ0) is 19.6. The second kappa shape index (κ2) is 7.33. The molecule has 0 heterocycles. The normalized spacial score (nSPS) is 28.3. The van der Waals surface area contributed by atoms with Crippen LogP contribution in [0.25, 0.3) is 0 Å². The zero-order valence-electron chi connectivity index (χ0n) is 15.0. The maximum absolute atomic E-state index is 12.6. The van der Waals surface area contributed by atoms with Gasteiger partial charge in [-0.25, -0.2) is 0 Å². The molecule has 0 radical (unpaired) electrons. The van der Waals surface area contributed by atoms with Crippen molar-refractivity contribution in [1.29, 1.82) is 0 Å². The monoisotopic (exact) mass is 366 g/mol. The van der Waals surface area contributed by atoms with Crippen LogP contribution in [-0.4, -0.2) is 54.9 Å². The smallest absolute Gasteiger partial charge is 0.316 e. The molecule has 26 heavy (non-hydrogen) atoms. The first-order chi connectivity index (χ1) is 12.2. The molecule has 8 heteroatoms. The van der Waals surface area contributed by atoms with Gasteiger partial charge in [0, 0.05) is 12.3 Å². The highest BCUT2D eigenvalue weighted by Gasteiger charge is 2.57. The van der Waals surface area contributed by atoms with Crippen molar-refractivity contribution in [2.75, 3.05) is 21.3 Å². The van der Waals surface area contributed by atoms with Crippen molar-refractivity contribution in [3.63, 3.8) is 0 Å². The molecule has 1 aliphatic carbocycles. The Hall–Kier alpha value is -2.61. The first-order valence-corrected chi connectivity index (χ1v) is 7.95. The van der Waals surface area contributed by atoms with Crippen LogP contribution in [0.5, 0.6) is 11.5 Å². The van der Waals surface area contributed by atoms with E-state index in [9.17, 15) is 24.6 Å². The van der Waals surface area contributed by atoms with Crippen LogP contribution < -0.4 is 4.74 Å². The number of aromatic hydroxyl groups is 1. The Morgan fingerprint density at radius 3 is 2.31 bits per heavy atom. The lowest BCUT2D eigenvalue weighted by Crippen LogP contribution is -2.55. The third kappa shape index (κ3) is 3.37. The van der Waals surface area contributed by atoms with E-state index in [1.807, 2.05) is 0 Å².